The van der Waals surface area contributed by atoms with Crippen LogP contribution in [0.1, 0.15) is 17.9 Å². The fraction of sp³-hybridized carbons (Fsp3) is 0.190. The minimum atomic E-state index is -0.464. The average molecular weight is 541 g/mol. The smallest absolute Gasteiger partial charge is 0.234 e. The molecule has 0 radical (unpaired) electrons. The van der Waals surface area contributed by atoms with E-state index >= 15 is 0 Å². The fourth-order valence-electron chi connectivity index (χ4n) is 3.03. The molecule has 2 aromatic carbocycles. The van der Waals surface area contributed by atoms with E-state index in [1.54, 1.807) is 36.4 Å². The van der Waals surface area contributed by atoms with Crippen LogP contribution >= 0.6 is 50.9 Å². The number of nitrogens with zero attached hydrogens (tertiary/aromatic N) is 1. The molecule has 1 aliphatic heterocycles. The Kier molecular flexibility index (Phi) is 7.89. The quantitative estimate of drug-likeness (QED) is 0.506. The second-order valence-electron chi connectivity index (χ2n) is 6.51. The highest BCUT2D eigenvalue weighted by Gasteiger charge is 2.30. The first-order chi connectivity index (χ1) is 14.8. The molecule has 2 N–H and O–H groups in total. The summed E-state index contributed by atoms with van der Waals surface area (Å²) in [7, 11) is 1.51. The molecule has 1 atom stereocenters. The predicted octanol–water partition coefficient (Wildman–Crippen LogP) is 5.48. The summed E-state index contributed by atoms with van der Waals surface area (Å²) in [5.74, 6) is -0.527. The zero-order chi connectivity index (χ0) is 22.5. The molecule has 0 spiro atoms. The molecular weight excluding hydrogens is 525 g/mol. The molecule has 2 aromatic rings. The summed E-state index contributed by atoms with van der Waals surface area (Å²) < 4.78 is 5.96. The molecule has 0 aromatic heterocycles. The molecule has 0 saturated heterocycles. The van der Waals surface area contributed by atoms with Crippen molar-refractivity contribution in [3.8, 4) is 11.8 Å². The van der Waals surface area contributed by atoms with Crippen molar-refractivity contribution in [1.82, 2.24) is 5.32 Å². The normalized spacial score (nSPS) is 15.8. The molecular formula is C21H16BrCl2N3O3S. The molecule has 0 saturated carbocycles. The van der Waals surface area contributed by atoms with Crippen molar-refractivity contribution in [2.24, 2.45) is 0 Å². The van der Waals surface area contributed by atoms with Crippen LogP contribution in [0.25, 0.3) is 0 Å². The van der Waals surface area contributed by atoms with Gasteiger partial charge in [-0.25, -0.2) is 0 Å². The van der Waals surface area contributed by atoms with Crippen LogP contribution in [0.2, 0.25) is 10.0 Å². The van der Waals surface area contributed by atoms with E-state index in [-0.39, 0.29) is 24.0 Å². The van der Waals surface area contributed by atoms with Gasteiger partial charge in [-0.1, -0.05) is 57.0 Å². The van der Waals surface area contributed by atoms with Crippen molar-refractivity contribution >= 4 is 68.4 Å². The van der Waals surface area contributed by atoms with Crippen LogP contribution in [0.15, 0.2) is 51.5 Å². The van der Waals surface area contributed by atoms with E-state index in [9.17, 15) is 14.9 Å². The first-order valence-electron chi connectivity index (χ1n) is 8.97. The highest BCUT2D eigenvalue weighted by atomic mass is 79.9. The van der Waals surface area contributed by atoms with E-state index in [1.807, 2.05) is 0 Å². The lowest BCUT2D eigenvalue weighted by Crippen LogP contribution is -2.31. The number of methoxy groups -OCH3 is 1. The fourth-order valence-corrected chi connectivity index (χ4v) is 4.90. The number of benzene rings is 2. The largest absolute Gasteiger partial charge is 0.495 e. The Morgan fingerprint density at radius 3 is 2.74 bits per heavy atom. The number of hydrogen-bond acceptors (Lipinski definition) is 5. The molecule has 10 heteroatoms. The molecule has 31 heavy (non-hydrogen) atoms. The van der Waals surface area contributed by atoms with Crippen LogP contribution in [-0.2, 0) is 9.59 Å². The van der Waals surface area contributed by atoms with Crippen molar-refractivity contribution in [3.05, 3.63) is 67.1 Å². The first kappa shape index (κ1) is 23.5. The van der Waals surface area contributed by atoms with Gasteiger partial charge in [0.25, 0.3) is 0 Å². The summed E-state index contributed by atoms with van der Waals surface area (Å²) in [6.45, 7) is 0. The SMILES string of the molecule is COc1ccc([C@@H]2CC(=O)NC(SCC(=O)Nc3ccc(Br)cc3Cl)=C2C#N)cc1Cl. The number of rotatable bonds is 6. The molecule has 0 bridgehead atoms. The van der Waals surface area contributed by atoms with E-state index in [2.05, 4.69) is 32.6 Å². The lowest BCUT2D eigenvalue weighted by atomic mass is 9.87. The Balaban J connectivity index is 1.78. The lowest BCUT2D eigenvalue weighted by molar-refractivity contribution is -0.121. The van der Waals surface area contributed by atoms with Crippen LogP contribution in [0.4, 0.5) is 5.69 Å². The molecule has 3 rings (SSSR count). The Morgan fingerprint density at radius 2 is 2.10 bits per heavy atom. The molecule has 2 amide bonds. The number of ether oxygens (including phenoxy) is 1. The van der Waals surface area contributed by atoms with Crippen molar-refractivity contribution < 1.29 is 14.3 Å². The lowest BCUT2D eigenvalue weighted by Gasteiger charge is -2.25. The van der Waals surface area contributed by atoms with Crippen molar-refractivity contribution in [2.45, 2.75) is 12.3 Å². The number of anilines is 1. The number of hydrogen-bond donors (Lipinski definition) is 2. The number of allylic oxidation sites excluding steroid dienone is 1. The van der Waals surface area contributed by atoms with Gasteiger partial charge in [-0.15, -0.1) is 0 Å². The number of halogens is 3. The monoisotopic (exact) mass is 539 g/mol. The van der Waals surface area contributed by atoms with Crippen LogP contribution < -0.4 is 15.4 Å². The van der Waals surface area contributed by atoms with Crippen LogP contribution in [0.3, 0.4) is 0 Å². The van der Waals surface area contributed by atoms with Gasteiger partial charge in [0.05, 0.1) is 45.3 Å². The number of carbonyl (C=O) groups excluding carboxylic acids is 2. The Hall–Kier alpha value is -2.18. The maximum atomic E-state index is 12.4. The summed E-state index contributed by atoms with van der Waals surface area (Å²) in [6.07, 6.45) is 0.107. The zero-order valence-electron chi connectivity index (χ0n) is 16.2. The average Bonchev–Trinajstić information content (AvgIpc) is 2.73. The van der Waals surface area contributed by atoms with Gasteiger partial charge in [-0.3, -0.25) is 9.59 Å². The summed E-state index contributed by atoms with van der Waals surface area (Å²) >= 11 is 16.7. The molecule has 0 aliphatic carbocycles. The highest BCUT2D eigenvalue weighted by molar-refractivity contribution is 9.10. The Bertz CT molecular complexity index is 1120. The maximum Gasteiger partial charge on any atom is 0.234 e. The third kappa shape index (κ3) is 5.74. The first-order valence-corrected chi connectivity index (χ1v) is 11.5. The number of carbonyl (C=O) groups is 2. The molecule has 0 fully saturated rings. The minimum Gasteiger partial charge on any atom is -0.495 e. The van der Waals surface area contributed by atoms with E-state index < -0.39 is 5.92 Å². The predicted molar refractivity (Wildman–Crippen MR) is 126 cm³/mol. The maximum absolute atomic E-state index is 12.4. The van der Waals surface area contributed by atoms with E-state index in [0.717, 1.165) is 21.8 Å². The number of thioether (sulfide) groups is 1. The van der Waals surface area contributed by atoms with Gasteiger partial charge in [-0.05, 0) is 35.9 Å². The van der Waals surface area contributed by atoms with E-state index in [1.165, 1.54) is 7.11 Å². The Labute approximate surface area is 202 Å². The van der Waals surface area contributed by atoms with Crippen LogP contribution in [0, 0.1) is 11.3 Å². The second kappa shape index (κ2) is 10.4. The molecule has 6 nitrogen and oxygen atoms in total. The summed E-state index contributed by atoms with van der Waals surface area (Å²) in [5.41, 5.74) is 1.57. The van der Waals surface area contributed by atoms with Gasteiger partial charge < -0.3 is 15.4 Å². The highest BCUT2D eigenvalue weighted by Crippen LogP contribution is 2.38. The van der Waals surface area contributed by atoms with Gasteiger partial charge >= 0.3 is 0 Å². The number of amides is 2. The third-order valence-corrected chi connectivity index (χ3v) is 6.61. The number of nitriles is 1. The summed E-state index contributed by atoms with van der Waals surface area (Å²) in [6, 6.07) is 12.4. The van der Waals surface area contributed by atoms with Gasteiger partial charge in [0.2, 0.25) is 11.8 Å². The third-order valence-electron chi connectivity index (χ3n) is 4.49. The standard InChI is InChI=1S/C21H16BrCl2N3O3S/c1-30-18-5-2-11(6-16(18)24)13-8-19(28)27-21(14(13)9-25)31-10-20(29)26-17-4-3-12(22)7-15(17)23/h2-7,13H,8,10H2,1H3,(H,26,29)(H,27,28)/t13-/m0/s1. The molecule has 1 heterocycles. The summed E-state index contributed by atoms with van der Waals surface area (Å²) in [4.78, 5) is 24.7. The summed E-state index contributed by atoms with van der Waals surface area (Å²) in [5, 5.41) is 16.3. The van der Waals surface area contributed by atoms with Crippen LogP contribution in [0.5, 0.6) is 5.75 Å². The van der Waals surface area contributed by atoms with Crippen molar-refractivity contribution in [3.63, 3.8) is 0 Å². The van der Waals surface area contributed by atoms with E-state index in [4.69, 9.17) is 27.9 Å². The van der Waals surface area contributed by atoms with Gasteiger partial charge in [0.15, 0.2) is 0 Å². The molecule has 160 valence electrons. The molecule has 1 aliphatic rings. The second-order valence-corrected chi connectivity index (χ2v) is 9.23. The van der Waals surface area contributed by atoms with Gasteiger partial charge in [0.1, 0.15) is 5.75 Å². The van der Waals surface area contributed by atoms with Crippen molar-refractivity contribution in [2.75, 3.05) is 18.2 Å². The van der Waals surface area contributed by atoms with Crippen LogP contribution in [-0.4, -0.2) is 24.7 Å². The van der Waals surface area contributed by atoms with Gasteiger partial charge in [-0.2, -0.15) is 5.26 Å². The van der Waals surface area contributed by atoms with E-state index in [0.29, 0.717) is 32.1 Å². The van der Waals surface area contributed by atoms with Crippen molar-refractivity contribution in [1.29, 1.82) is 5.26 Å². The molecule has 0 unspecified atom stereocenters. The topological polar surface area (TPSA) is 91.2 Å². The van der Waals surface area contributed by atoms with Gasteiger partial charge in [0, 0.05) is 16.8 Å². The minimum absolute atomic E-state index is 0.0106. The Morgan fingerprint density at radius 1 is 1.32 bits per heavy atom. The number of nitrogens with one attached hydrogen (secondary N) is 2. The zero-order valence-corrected chi connectivity index (χ0v) is 20.1.